The number of aliphatic hydroxyl groups excluding tert-OH is 1. The van der Waals surface area contributed by atoms with Crippen molar-refractivity contribution in [2.45, 2.75) is 17.9 Å². The number of sulfonamides is 1. The number of likely N-dealkylation sites (N-methyl/N-ethyl adjacent to an activating group) is 1. The number of aliphatic hydroxyl groups is 1. The van der Waals surface area contributed by atoms with E-state index < -0.39 is 21.1 Å². The van der Waals surface area contributed by atoms with E-state index in [1.165, 1.54) is 39.3 Å². The second-order valence-corrected chi connectivity index (χ2v) is 6.57. The summed E-state index contributed by atoms with van der Waals surface area (Å²) in [5, 5.41) is 20.5. The highest BCUT2D eigenvalue weighted by molar-refractivity contribution is 7.89. The van der Waals surface area contributed by atoms with Crippen LogP contribution in [0, 0.1) is 17.0 Å². The SMILES string of the molecule is COCC(O)CN(C)S(=O)(=O)c1cccc([N+](=O)[O-])c1C. The zero-order valence-electron chi connectivity index (χ0n) is 12.0. The van der Waals surface area contributed by atoms with Gasteiger partial charge in [-0.1, -0.05) is 6.07 Å². The molecule has 8 nitrogen and oxygen atoms in total. The molecular weight excluding hydrogens is 300 g/mol. The smallest absolute Gasteiger partial charge is 0.273 e. The van der Waals surface area contributed by atoms with Crippen molar-refractivity contribution < 1.29 is 23.2 Å². The van der Waals surface area contributed by atoms with Gasteiger partial charge in [0.2, 0.25) is 10.0 Å². The summed E-state index contributed by atoms with van der Waals surface area (Å²) >= 11 is 0. The number of hydrogen-bond acceptors (Lipinski definition) is 6. The molecule has 0 saturated carbocycles. The Morgan fingerprint density at radius 1 is 1.48 bits per heavy atom. The highest BCUT2D eigenvalue weighted by Crippen LogP contribution is 2.26. The molecule has 0 saturated heterocycles. The van der Waals surface area contributed by atoms with Gasteiger partial charge in [0, 0.05) is 32.3 Å². The minimum atomic E-state index is -3.93. The molecule has 1 rings (SSSR count). The fraction of sp³-hybridized carbons (Fsp3) is 0.500. The van der Waals surface area contributed by atoms with Crippen LogP contribution in [0.3, 0.4) is 0 Å². The lowest BCUT2D eigenvalue weighted by Gasteiger charge is -2.21. The first-order chi connectivity index (χ1) is 9.71. The van der Waals surface area contributed by atoms with Crippen molar-refractivity contribution >= 4 is 15.7 Å². The summed E-state index contributed by atoms with van der Waals surface area (Å²) in [6.07, 6.45) is -0.978. The van der Waals surface area contributed by atoms with Gasteiger partial charge in [-0.2, -0.15) is 4.31 Å². The van der Waals surface area contributed by atoms with Gasteiger partial charge in [-0.15, -0.1) is 0 Å². The average Bonchev–Trinajstić information content (AvgIpc) is 2.38. The van der Waals surface area contributed by atoms with Crippen LogP contribution in [-0.2, 0) is 14.8 Å². The van der Waals surface area contributed by atoms with Gasteiger partial charge in [-0.05, 0) is 13.0 Å². The second-order valence-electron chi connectivity index (χ2n) is 4.55. The zero-order valence-corrected chi connectivity index (χ0v) is 12.8. The van der Waals surface area contributed by atoms with Crippen molar-refractivity contribution in [3.05, 3.63) is 33.9 Å². The van der Waals surface area contributed by atoms with Crippen molar-refractivity contribution in [1.29, 1.82) is 0 Å². The van der Waals surface area contributed by atoms with Crippen molar-refractivity contribution in [1.82, 2.24) is 4.31 Å². The van der Waals surface area contributed by atoms with Gasteiger partial charge < -0.3 is 9.84 Å². The minimum absolute atomic E-state index is 0.00617. The number of rotatable bonds is 7. The van der Waals surface area contributed by atoms with E-state index in [1.807, 2.05) is 0 Å². The molecule has 0 spiro atoms. The van der Waals surface area contributed by atoms with E-state index in [-0.39, 0.29) is 29.3 Å². The number of nitro benzene ring substituents is 1. The molecule has 21 heavy (non-hydrogen) atoms. The quantitative estimate of drug-likeness (QED) is 0.580. The lowest BCUT2D eigenvalue weighted by Crippen LogP contribution is -2.36. The first-order valence-corrected chi connectivity index (χ1v) is 7.53. The summed E-state index contributed by atoms with van der Waals surface area (Å²) in [6, 6.07) is 3.86. The van der Waals surface area contributed by atoms with Crippen molar-refractivity contribution in [3.63, 3.8) is 0 Å². The third-order valence-corrected chi connectivity index (χ3v) is 4.94. The largest absolute Gasteiger partial charge is 0.389 e. The van der Waals surface area contributed by atoms with Gasteiger partial charge in [-0.3, -0.25) is 10.1 Å². The van der Waals surface area contributed by atoms with Crippen LogP contribution in [0.5, 0.6) is 0 Å². The van der Waals surface area contributed by atoms with Crippen molar-refractivity contribution in [2.75, 3.05) is 27.3 Å². The van der Waals surface area contributed by atoms with E-state index in [9.17, 15) is 23.6 Å². The summed E-state index contributed by atoms with van der Waals surface area (Å²) in [6.45, 7) is 1.20. The lowest BCUT2D eigenvalue weighted by atomic mass is 10.2. The molecular formula is C12H18N2O6S. The molecule has 1 atom stereocenters. The molecule has 1 unspecified atom stereocenters. The number of nitro groups is 1. The number of benzene rings is 1. The van der Waals surface area contributed by atoms with E-state index in [4.69, 9.17) is 4.74 Å². The minimum Gasteiger partial charge on any atom is -0.389 e. The van der Waals surface area contributed by atoms with Crippen LogP contribution in [0.1, 0.15) is 5.56 Å². The molecule has 0 bridgehead atoms. The Morgan fingerprint density at radius 2 is 2.10 bits per heavy atom. The van der Waals surface area contributed by atoms with Crippen LogP contribution < -0.4 is 0 Å². The maximum Gasteiger partial charge on any atom is 0.273 e. The molecule has 0 aromatic heterocycles. The van der Waals surface area contributed by atoms with Gasteiger partial charge >= 0.3 is 0 Å². The fourth-order valence-corrected chi connectivity index (χ4v) is 3.33. The average molecular weight is 318 g/mol. The molecule has 0 aliphatic rings. The first-order valence-electron chi connectivity index (χ1n) is 6.09. The van der Waals surface area contributed by atoms with E-state index in [0.29, 0.717) is 0 Å². The molecule has 0 radical (unpaired) electrons. The number of ether oxygens (including phenoxy) is 1. The highest BCUT2D eigenvalue weighted by Gasteiger charge is 2.27. The molecule has 1 N–H and O–H groups in total. The van der Waals surface area contributed by atoms with Crippen LogP contribution in [0.15, 0.2) is 23.1 Å². The van der Waals surface area contributed by atoms with E-state index in [0.717, 1.165) is 4.31 Å². The Bertz CT molecular complexity index is 616. The Kier molecular flexibility index (Phi) is 5.78. The monoisotopic (exact) mass is 318 g/mol. The van der Waals surface area contributed by atoms with Crippen LogP contribution in [0.2, 0.25) is 0 Å². The summed E-state index contributed by atoms with van der Waals surface area (Å²) < 4.78 is 30.5. The first kappa shape index (κ1) is 17.5. The lowest BCUT2D eigenvalue weighted by molar-refractivity contribution is -0.385. The Morgan fingerprint density at radius 3 is 2.62 bits per heavy atom. The van der Waals surface area contributed by atoms with E-state index in [2.05, 4.69) is 0 Å². The molecule has 0 heterocycles. The normalized spacial score (nSPS) is 13.4. The third-order valence-electron chi connectivity index (χ3n) is 2.97. The molecule has 0 aliphatic heterocycles. The molecule has 1 aromatic carbocycles. The standard InChI is InChI=1S/C12H18N2O6S/c1-9-11(14(16)17)5-4-6-12(9)21(18,19)13(2)7-10(15)8-20-3/h4-6,10,15H,7-8H2,1-3H3. The molecule has 0 fully saturated rings. The predicted molar refractivity (Wildman–Crippen MR) is 75.5 cm³/mol. The maximum atomic E-state index is 12.4. The van der Waals surface area contributed by atoms with Crippen molar-refractivity contribution in [3.8, 4) is 0 Å². The van der Waals surface area contributed by atoms with Crippen molar-refractivity contribution in [2.24, 2.45) is 0 Å². The topological polar surface area (TPSA) is 110 Å². The summed E-state index contributed by atoms with van der Waals surface area (Å²) in [5.41, 5.74) is -0.197. The van der Waals surface area contributed by atoms with E-state index in [1.54, 1.807) is 0 Å². The van der Waals surface area contributed by atoms with Gasteiger partial charge in [0.05, 0.1) is 22.5 Å². The predicted octanol–water partition coefficient (Wildman–Crippen LogP) is 0.531. The van der Waals surface area contributed by atoms with Gasteiger partial charge in [0.15, 0.2) is 0 Å². The molecule has 118 valence electrons. The fourth-order valence-electron chi connectivity index (χ4n) is 1.89. The number of methoxy groups -OCH3 is 1. The third kappa shape index (κ3) is 3.97. The van der Waals surface area contributed by atoms with Gasteiger partial charge in [-0.25, -0.2) is 8.42 Å². The summed E-state index contributed by atoms with van der Waals surface area (Å²) in [5.74, 6) is 0. The van der Waals surface area contributed by atoms with Crippen LogP contribution >= 0.6 is 0 Å². The van der Waals surface area contributed by atoms with Crippen LogP contribution in [0.4, 0.5) is 5.69 Å². The number of nitrogens with zero attached hydrogens (tertiary/aromatic N) is 2. The Hall–Kier alpha value is -1.55. The summed E-state index contributed by atoms with van der Waals surface area (Å²) in [7, 11) is -1.24. The van der Waals surface area contributed by atoms with Crippen LogP contribution in [-0.4, -0.2) is 56.2 Å². The molecule has 0 aliphatic carbocycles. The van der Waals surface area contributed by atoms with E-state index >= 15 is 0 Å². The Balaban J connectivity index is 3.14. The zero-order chi connectivity index (χ0) is 16.2. The van der Waals surface area contributed by atoms with Gasteiger partial charge in [0.1, 0.15) is 0 Å². The molecule has 9 heteroatoms. The Labute approximate surface area is 123 Å². The molecule has 1 aromatic rings. The number of hydrogen-bond donors (Lipinski definition) is 1. The highest BCUT2D eigenvalue weighted by atomic mass is 32.2. The maximum absolute atomic E-state index is 12.4. The van der Waals surface area contributed by atoms with Crippen LogP contribution in [0.25, 0.3) is 0 Å². The molecule has 0 amide bonds. The summed E-state index contributed by atoms with van der Waals surface area (Å²) in [4.78, 5) is 10.1. The second kappa shape index (κ2) is 6.94. The van der Waals surface area contributed by atoms with Gasteiger partial charge in [0.25, 0.3) is 5.69 Å².